The molecular formula is C13H24Si2. The molecule has 0 rings (SSSR count). The molecule has 0 unspecified atom stereocenters. The molecule has 84 valence electrons. The Morgan fingerprint density at radius 3 is 2.07 bits per heavy atom. The summed E-state index contributed by atoms with van der Waals surface area (Å²) in [4.78, 5) is 0. The van der Waals surface area contributed by atoms with E-state index < -0.39 is 16.1 Å². The van der Waals surface area contributed by atoms with E-state index in [0.717, 1.165) is 12.8 Å². The van der Waals surface area contributed by atoms with Crippen LogP contribution in [-0.4, -0.2) is 16.1 Å². The number of allylic oxidation sites excluding steroid dienone is 1. The van der Waals surface area contributed by atoms with Crippen molar-refractivity contribution in [1.29, 1.82) is 0 Å². The molecule has 2 heteroatoms. The topological polar surface area (TPSA) is 0 Å². The van der Waals surface area contributed by atoms with Gasteiger partial charge in [0.1, 0.15) is 8.07 Å². The van der Waals surface area contributed by atoms with Crippen LogP contribution in [0, 0.1) is 11.5 Å². The van der Waals surface area contributed by atoms with Gasteiger partial charge in [-0.2, -0.15) is 0 Å². The summed E-state index contributed by atoms with van der Waals surface area (Å²) >= 11 is 0. The average Bonchev–Trinajstić information content (AvgIpc) is 1.98. The molecule has 0 saturated heterocycles. The van der Waals surface area contributed by atoms with Gasteiger partial charge in [0.25, 0.3) is 0 Å². The van der Waals surface area contributed by atoms with Crippen LogP contribution in [-0.2, 0) is 0 Å². The molecule has 0 aromatic rings. The second-order valence-electron chi connectivity index (χ2n) is 5.97. The van der Waals surface area contributed by atoms with E-state index in [9.17, 15) is 0 Å². The molecule has 0 aromatic carbocycles. The molecule has 0 aromatic heterocycles. The first-order valence-electron chi connectivity index (χ1n) is 5.63. The summed E-state index contributed by atoms with van der Waals surface area (Å²) in [6.07, 6.45) is 4.15. The number of unbranched alkanes of at least 4 members (excludes halogenated alkanes) is 1. The molecule has 0 nitrogen and oxygen atoms in total. The fraction of sp³-hybridized carbons (Fsp3) is 0.615. The van der Waals surface area contributed by atoms with Crippen LogP contribution in [0.25, 0.3) is 0 Å². The standard InChI is InChI=1S/C13H24Si2/c1-14(2,3)12-10-8-7-9-11-13-15(4,5)6/h8,12H,7,9H2,1-6H3. The van der Waals surface area contributed by atoms with Crippen LogP contribution in [0.1, 0.15) is 12.8 Å². The predicted octanol–water partition coefficient (Wildman–Crippen LogP) is 4.24. The third kappa shape index (κ3) is 13.5. The molecule has 0 amide bonds. The lowest BCUT2D eigenvalue weighted by Gasteiger charge is -2.04. The van der Waals surface area contributed by atoms with Crippen molar-refractivity contribution in [2.45, 2.75) is 52.1 Å². The largest absolute Gasteiger partial charge is 0.134 e. The second-order valence-corrected chi connectivity index (χ2v) is 15.7. The van der Waals surface area contributed by atoms with Gasteiger partial charge in [-0.15, -0.1) is 17.2 Å². The van der Waals surface area contributed by atoms with Gasteiger partial charge in [0.05, 0.1) is 8.07 Å². The van der Waals surface area contributed by atoms with E-state index >= 15 is 0 Å². The summed E-state index contributed by atoms with van der Waals surface area (Å²) in [5, 5.41) is 0. The zero-order chi connectivity index (χ0) is 11.9. The molecule has 0 aliphatic rings. The molecule has 0 aliphatic carbocycles. The smallest absolute Gasteiger partial charge is 0.129 e. The Morgan fingerprint density at radius 2 is 1.60 bits per heavy atom. The van der Waals surface area contributed by atoms with Crippen LogP contribution in [0.15, 0.2) is 17.5 Å². The van der Waals surface area contributed by atoms with Gasteiger partial charge in [0, 0.05) is 6.42 Å². The Morgan fingerprint density at radius 1 is 1.00 bits per heavy atom. The summed E-state index contributed by atoms with van der Waals surface area (Å²) in [5.74, 6) is 3.26. The molecule has 0 aliphatic heterocycles. The van der Waals surface area contributed by atoms with Gasteiger partial charge in [-0.25, -0.2) is 0 Å². The van der Waals surface area contributed by atoms with E-state index in [-0.39, 0.29) is 0 Å². The van der Waals surface area contributed by atoms with Crippen molar-refractivity contribution in [3.8, 4) is 11.5 Å². The van der Waals surface area contributed by atoms with E-state index in [2.05, 4.69) is 68.3 Å². The van der Waals surface area contributed by atoms with E-state index in [4.69, 9.17) is 0 Å². The highest BCUT2D eigenvalue weighted by Crippen LogP contribution is 2.01. The fourth-order valence-electron chi connectivity index (χ4n) is 0.864. The molecular weight excluding hydrogens is 212 g/mol. The van der Waals surface area contributed by atoms with Crippen LogP contribution in [0.3, 0.4) is 0 Å². The molecule has 0 radical (unpaired) electrons. The summed E-state index contributed by atoms with van der Waals surface area (Å²) < 4.78 is 0. The zero-order valence-electron chi connectivity index (χ0n) is 11.1. The van der Waals surface area contributed by atoms with Crippen LogP contribution < -0.4 is 0 Å². The van der Waals surface area contributed by atoms with Crippen molar-refractivity contribution in [2.24, 2.45) is 0 Å². The van der Waals surface area contributed by atoms with Crippen molar-refractivity contribution in [1.82, 2.24) is 0 Å². The van der Waals surface area contributed by atoms with E-state index in [0.29, 0.717) is 0 Å². The molecule has 0 heterocycles. The first-order valence-corrected chi connectivity index (χ1v) is 12.7. The summed E-state index contributed by atoms with van der Waals surface area (Å²) in [5.41, 5.74) is 8.90. The van der Waals surface area contributed by atoms with Crippen molar-refractivity contribution >= 4 is 16.1 Å². The fourth-order valence-corrected chi connectivity index (χ4v) is 2.14. The first kappa shape index (κ1) is 14.5. The van der Waals surface area contributed by atoms with E-state index in [1.54, 1.807) is 0 Å². The summed E-state index contributed by atoms with van der Waals surface area (Å²) in [6, 6.07) is 0. The van der Waals surface area contributed by atoms with Crippen LogP contribution >= 0.6 is 0 Å². The molecule has 0 saturated carbocycles. The van der Waals surface area contributed by atoms with Gasteiger partial charge in [0.15, 0.2) is 0 Å². The minimum absolute atomic E-state index is 0.983. The van der Waals surface area contributed by atoms with E-state index in [1.807, 2.05) is 0 Å². The van der Waals surface area contributed by atoms with Crippen molar-refractivity contribution in [2.75, 3.05) is 0 Å². The lowest BCUT2D eigenvalue weighted by molar-refractivity contribution is 1.09. The van der Waals surface area contributed by atoms with Crippen LogP contribution in [0.5, 0.6) is 0 Å². The average molecular weight is 237 g/mol. The van der Waals surface area contributed by atoms with Crippen molar-refractivity contribution < 1.29 is 0 Å². The van der Waals surface area contributed by atoms with Gasteiger partial charge in [0.2, 0.25) is 0 Å². The Labute approximate surface area is 97.5 Å². The highest BCUT2D eigenvalue weighted by Gasteiger charge is 2.06. The molecule has 0 bridgehead atoms. The first-order chi connectivity index (χ1) is 6.71. The van der Waals surface area contributed by atoms with Crippen molar-refractivity contribution in [3.05, 3.63) is 17.5 Å². The molecule has 0 fully saturated rings. The maximum Gasteiger partial charge on any atom is 0.129 e. The lowest BCUT2D eigenvalue weighted by Crippen LogP contribution is -2.16. The SMILES string of the molecule is C[Si](C)(C)C#CCCC=C=C[Si](C)(C)C. The third-order valence-electron chi connectivity index (χ3n) is 1.51. The molecule has 0 N–H and O–H groups in total. The Balaban J connectivity index is 3.91. The van der Waals surface area contributed by atoms with Crippen LogP contribution in [0.2, 0.25) is 39.3 Å². The normalized spacial score (nSPS) is 11.1. The van der Waals surface area contributed by atoms with E-state index in [1.165, 1.54) is 0 Å². The number of rotatable bonds is 3. The maximum atomic E-state index is 3.37. The van der Waals surface area contributed by atoms with Gasteiger partial charge in [-0.3, -0.25) is 0 Å². The lowest BCUT2D eigenvalue weighted by atomic mass is 10.3. The quantitative estimate of drug-likeness (QED) is 0.298. The molecule has 0 atom stereocenters. The predicted molar refractivity (Wildman–Crippen MR) is 76.4 cm³/mol. The Hall–Kier alpha value is -0.486. The summed E-state index contributed by atoms with van der Waals surface area (Å²) in [7, 11) is -2.20. The highest BCUT2D eigenvalue weighted by atomic mass is 28.3. The van der Waals surface area contributed by atoms with Gasteiger partial charge in [-0.1, -0.05) is 45.0 Å². The highest BCUT2D eigenvalue weighted by molar-refractivity contribution is 6.83. The molecule has 15 heavy (non-hydrogen) atoms. The van der Waals surface area contributed by atoms with Gasteiger partial charge >= 0.3 is 0 Å². The second kappa shape index (κ2) is 6.17. The van der Waals surface area contributed by atoms with Crippen LogP contribution in [0.4, 0.5) is 0 Å². The minimum atomic E-state index is -1.15. The minimum Gasteiger partial charge on any atom is -0.134 e. The van der Waals surface area contributed by atoms with Gasteiger partial charge < -0.3 is 0 Å². The summed E-state index contributed by atoms with van der Waals surface area (Å²) in [6.45, 7) is 13.8. The molecule has 0 spiro atoms. The zero-order valence-corrected chi connectivity index (χ0v) is 13.1. The Kier molecular flexibility index (Phi) is 5.97. The van der Waals surface area contributed by atoms with Gasteiger partial charge in [-0.05, 0) is 12.5 Å². The van der Waals surface area contributed by atoms with Crippen molar-refractivity contribution in [3.63, 3.8) is 0 Å². The number of hydrogen-bond acceptors (Lipinski definition) is 0. The monoisotopic (exact) mass is 236 g/mol. The maximum absolute atomic E-state index is 3.37. The third-order valence-corrected chi connectivity index (χ3v) is 3.47. The Bertz CT molecular complexity index is 296. The number of hydrogen-bond donors (Lipinski definition) is 0.